The van der Waals surface area contributed by atoms with Crippen molar-refractivity contribution in [2.75, 3.05) is 11.8 Å². The SMILES string of the molecule is COCc1ccccc1S(=O)(=O)Nc1c(Cl)c(C)nn1C. The fourth-order valence-corrected chi connectivity index (χ4v) is 3.56. The largest absolute Gasteiger partial charge is 0.380 e. The first kappa shape index (κ1) is 15.8. The van der Waals surface area contributed by atoms with Crippen LogP contribution in [0.1, 0.15) is 11.3 Å². The molecule has 0 bridgehead atoms. The molecule has 2 rings (SSSR count). The zero-order chi connectivity index (χ0) is 15.6. The summed E-state index contributed by atoms with van der Waals surface area (Å²) in [7, 11) is -0.638. The Morgan fingerprint density at radius 1 is 1.38 bits per heavy atom. The van der Waals surface area contributed by atoms with Crippen LogP contribution >= 0.6 is 11.6 Å². The van der Waals surface area contributed by atoms with Gasteiger partial charge in [0.05, 0.1) is 17.2 Å². The molecule has 0 fully saturated rings. The van der Waals surface area contributed by atoms with E-state index in [2.05, 4.69) is 9.82 Å². The number of aryl methyl sites for hydroxylation is 2. The lowest BCUT2D eigenvalue weighted by molar-refractivity contribution is 0.182. The monoisotopic (exact) mass is 329 g/mol. The molecule has 1 aromatic heterocycles. The van der Waals surface area contributed by atoms with Gasteiger partial charge in [0, 0.05) is 14.2 Å². The van der Waals surface area contributed by atoms with Gasteiger partial charge in [-0.1, -0.05) is 29.8 Å². The molecule has 0 spiro atoms. The maximum absolute atomic E-state index is 12.5. The van der Waals surface area contributed by atoms with E-state index in [0.29, 0.717) is 11.3 Å². The van der Waals surface area contributed by atoms with Crippen molar-refractivity contribution in [2.24, 2.45) is 7.05 Å². The molecule has 0 aliphatic carbocycles. The molecule has 1 N–H and O–H groups in total. The van der Waals surface area contributed by atoms with Crippen molar-refractivity contribution in [3.8, 4) is 0 Å². The van der Waals surface area contributed by atoms with Gasteiger partial charge in [-0.05, 0) is 18.6 Å². The minimum absolute atomic E-state index is 0.154. The summed E-state index contributed by atoms with van der Waals surface area (Å²) in [5, 5.41) is 4.36. The Hall–Kier alpha value is -1.57. The summed E-state index contributed by atoms with van der Waals surface area (Å²) in [4.78, 5) is 0.154. The van der Waals surface area contributed by atoms with Gasteiger partial charge in [0.2, 0.25) is 0 Å². The van der Waals surface area contributed by atoms with Gasteiger partial charge in [0.25, 0.3) is 10.0 Å². The fraction of sp³-hybridized carbons (Fsp3) is 0.308. The fourth-order valence-electron chi connectivity index (χ4n) is 1.97. The molecule has 0 amide bonds. The topological polar surface area (TPSA) is 73.2 Å². The second-order valence-corrected chi connectivity index (χ2v) is 6.55. The Balaban J connectivity index is 2.44. The summed E-state index contributed by atoms with van der Waals surface area (Å²) in [6.07, 6.45) is 0. The van der Waals surface area contributed by atoms with Crippen LogP contribution < -0.4 is 4.72 Å². The van der Waals surface area contributed by atoms with Crippen LogP contribution in [0.3, 0.4) is 0 Å². The Bertz CT molecular complexity index is 756. The van der Waals surface area contributed by atoms with Crippen molar-refractivity contribution < 1.29 is 13.2 Å². The van der Waals surface area contributed by atoms with Crippen LogP contribution in [-0.2, 0) is 28.4 Å². The van der Waals surface area contributed by atoms with E-state index in [0.717, 1.165) is 0 Å². The van der Waals surface area contributed by atoms with Crippen LogP contribution in [0, 0.1) is 6.92 Å². The number of aromatic nitrogens is 2. The Kier molecular flexibility index (Phi) is 4.55. The summed E-state index contributed by atoms with van der Waals surface area (Å²) in [5.41, 5.74) is 1.13. The van der Waals surface area contributed by atoms with Crippen molar-refractivity contribution in [2.45, 2.75) is 18.4 Å². The molecule has 21 heavy (non-hydrogen) atoms. The third-order valence-corrected chi connectivity index (χ3v) is 4.83. The van der Waals surface area contributed by atoms with Crippen molar-refractivity contribution in [1.82, 2.24) is 9.78 Å². The Labute approximate surface area is 128 Å². The molecular formula is C13H16ClN3O3S. The van der Waals surface area contributed by atoms with E-state index in [1.807, 2.05) is 0 Å². The number of sulfonamides is 1. The van der Waals surface area contributed by atoms with Crippen LogP contribution in [0.15, 0.2) is 29.2 Å². The lowest BCUT2D eigenvalue weighted by Gasteiger charge is -2.12. The summed E-state index contributed by atoms with van der Waals surface area (Å²) in [6.45, 7) is 1.91. The third-order valence-electron chi connectivity index (χ3n) is 2.94. The highest BCUT2D eigenvalue weighted by Gasteiger charge is 2.22. The number of nitrogens with zero attached hydrogens (tertiary/aromatic N) is 2. The van der Waals surface area contributed by atoms with Gasteiger partial charge < -0.3 is 4.74 Å². The van der Waals surface area contributed by atoms with E-state index in [4.69, 9.17) is 16.3 Å². The summed E-state index contributed by atoms with van der Waals surface area (Å²) >= 11 is 6.07. The Morgan fingerprint density at radius 3 is 2.62 bits per heavy atom. The minimum Gasteiger partial charge on any atom is -0.380 e. The quantitative estimate of drug-likeness (QED) is 0.913. The first-order chi connectivity index (χ1) is 9.86. The van der Waals surface area contributed by atoms with Gasteiger partial charge in [-0.3, -0.25) is 9.40 Å². The van der Waals surface area contributed by atoms with Crippen LogP contribution in [0.5, 0.6) is 0 Å². The normalized spacial score (nSPS) is 11.6. The molecule has 0 saturated carbocycles. The molecule has 0 unspecified atom stereocenters. The molecule has 6 nitrogen and oxygen atoms in total. The molecule has 0 aliphatic heterocycles. The summed E-state index contributed by atoms with van der Waals surface area (Å²) in [6, 6.07) is 6.64. The Morgan fingerprint density at radius 2 is 2.05 bits per heavy atom. The molecule has 1 aromatic carbocycles. The van der Waals surface area contributed by atoms with Crippen LogP contribution in [0.4, 0.5) is 5.82 Å². The smallest absolute Gasteiger partial charge is 0.263 e. The first-order valence-corrected chi connectivity index (χ1v) is 8.01. The average Bonchev–Trinajstić information content (AvgIpc) is 2.66. The van der Waals surface area contributed by atoms with Crippen LogP contribution in [0.25, 0.3) is 0 Å². The molecular weight excluding hydrogens is 314 g/mol. The number of benzene rings is 1. The lowest BCUT2D eigenvalue weighted by Crippen LogP contribution is -2.17. The molecule has 8 heteroatoms. The second kappa shape index (κ2) is 6.05. The zero-order valence-corrected chi connectivity index (χ0v) is 13.5. The van der Waals surface area contributed by atoms with Gasteiger partial charge in [0.15, 0.2) is 5.82 Å². The van der Waals surface area contributed by atoms with Crippen molar-refractivity contribution in [1.29, 1.82) is 0 Å². The van der Waals surface area contributed by atoms with E-state index in [1.54, 1.807) is 32.2 Å². The van der Waals surface area contributed by atoms with E-state index in [9.17, 15) is 8.42 Å². The minimum atomic E-state index is -3.77. The van der Waals surface area contributed by atoms with Crippen LogP contribution in [0.2, 0.25) is 5.02 Å². The molecule has 0 aliphatic rings. The molecule has 0 radical (unpaired) electrons. The lowest BCUT2D eigenvalue weighted by atomic mass is 10.2. The zero-order valence-electron chi connectivity index (χ0n) is 11.9. The maximum atomic E-state index is 12.5. The van der Waals surface area contributed by atoms with Gasteiger partial charge in [-0.2, -0.15) is 5.10 Å². The number of hydrogen-bond acceptors (Lipinski definition) is 4. The molecule has 0 atom stereocenters. The highest BCUT2D eigenvalue weighted by atomic mass is 35.5. The molecule has 2 aromatic rings. The predicted octanol–water partition coefficient (Wildman–Crippen LogP) is 2.33. The van der Waals surface area contributed by atoms with Gasteiger partial charge in [-0.25, -0.2) is 8.42 Å². The first-order valence-electron chi connectivity index (χ1n) is 6.15. The van der Waals surface area contributed by atoms with Gasteiger partial charge in [0.1, 0.15) is 5.02 Å². The molecule has 114 valence electrons. The predicted molar refractivity (Wildman–Crippen MR) is 80.9 cm³/mol. The number of rotatable bonds is 5. The average molecular weight is 330 g/mol. The third kappa shape index (κ3) is 3.20. The van der Waals surface area contributed by atoms with Gasteiger partial charge in [-0.15, -0.1) is 0 Å². The summed E-state index contributed by atoms with van der Waals surface area (Å²) in [5.74, 6) is 0.237. The summed E-state index contributed by atoms with van der Waals surface area (Å²) < 4.78 is 34.0. The number of methoxy groups -OCH3 is 1. The highest BCUT2D eigenvalue weighted by Crippen LogP contribution is 2.27. The van der Waals surface area contributed by atoms with Crippen molar-refractivity contribution >= 4 is 27.4 Å². The number of halogens is 1. The number of hydrogen-bond donors (Lipinski definition) is 1. The van der Waals surface area contributed by atoms with Gasteiger partial charge >= 0.3 is 0 Å². The van der Waals surface area contributed by atoms with Crippen molar-refractivity contribution in [3.05, 3.63) is 40.5 Å². The highest BCUT2D eigenvalue weighted by molar-refractivity contribution is 7.92. The maximum Gasteiger partial charge on any atom is 0.263 e. The molecule has 1 heterocycles. The molecule has 0 saturated heterocycles. The number of anilines is 1. The van der Waals surface area contributed by atoms with Crippen LogP contribution in [-0.4, -0.2) is 25.3 Å². The standard InChI is InChI=1S/C13H16ClN3O3S/c1-9-12(14)13(17(2)15-9)16-21(18,19)11-7-5-4-6-10(11)8-20-3/h4-7,16H,8H2,1-3H3. The van der Waals surface area contributed by atoms with E-state index >= 15 is 0 Å². The number of ether oxygens (including phenoxy) is 1. The second-order valence-electron chi connectivity index (χ2n) is 4.52. The number of nitrogens with one attached hydrogen (secondary N) is 1. The van der Waals surface area contributed by atoms with E-state index in [1.165, 1.54) is 17.9 Å². The van der Waals surface area contributed by atoms with E-state index in [-0.39, 0.29) is 22.3 Å². The van der Waals surface area contributed by atoms with E-state index < -0.39 is 10.0 Å². The van der Waals surface area contributed by atoms with Crippen molar-refractivity contribution in [3.63, 3.8) is 0 Å².